The zero-order valence-corrected chi connectivity index (χ0v) is 20.4. The van der Waals surface area contributed by atoms with E-state index in [4.69, 9.17) is 4.74 Å². The largest absolute Gasteiger partial charge is 0.494 e. The first-order valence-electron chi connectivity index (χ1n) is 12.0. The summed E-state index contributed by atoms with van der Waals surface area (Å²) in [7, 11) is 0. The lowest BCUT2D eigenvalue weighted by molar-refractivity contribution is -0.114. The standard InChI is InChI=1S/C28H30N4O4/c1-3-36-24-14-12-23(13-15-24)31-27(34)19-6-8-21(9-7-19)30-26(33)17-29-25-16-20(5-4-18(25)2)28(35)32-22-10-11-22/h4-9,12-16,22,29H,3,10-11,17H2,1-2H3,(H,30,33)(H,31,34)(H,32,35). The molecule has 1 aliphatic rings. The summed E-state index contributed by atoms with van der Waals surface area (Å²) in [6, 6.07) is 19.5. The average molecular weight is 487 g/mol. The van der Waals surface area contributed by atoms with E-state index in [0.29, 0.717) is 29.1 Å². The predicted octanol–water partition coefficient (Wildman–Crippen LogP) is 4.59. The zero-order chi connectivity index (χ0) is 25.5. The first kappa shape index (κ1) is 24.8. The molecule has 0 aromatic heterocycles. The molecular weight excluding hydrogens is 456 g/mol. The Hall–Kier alpha value is -4.33. The van der Waals surface area contributed by atoms with Gasteiger partial charge in [-0.25, -0.2) is 0 Å². The van der Waals surface area contributed by atoms with E-state index in [1.165, 1.54) is 0 Å². The fourth-order valence-electron chi connectivity index (χ4n) is 3.54. The van der Waals surface area contributed by atoms with Crippen LogP contribution in [0, 0.1) is 6.92 Å². The van der Waals surface area contributed by atoms with E-state index in [9.17, 15) is 14.4 Å². The van der Waals surface area contributed by atoms with E-state index in [-0.39, 0.29) is 30.3 Å². The van der Waals surface area contributed by atoms with Gasteiger partial charge in [0, 0.05) is 34.2 Å². The maximum Gasteiger partial charge on any atom is 0.255 e. The molecule has 0 atom stereocenters. The quantitative estimate of drug-likeness (QED) is 0.335. The summed E-state index contributed by atoms with van der Waals surface area (Å²) in [6.07, 6.45) is 2.05. The van der Waals surface area contributed by atoms with Gasteiger partial charge in [0.2, 0.25) is 5.91 Å². The second kappa shape index (κ2) is 11.4. The predicted molar refractivity (Wildman–Crippen MR) is 141 cm³/mol. The van der Waals surface area contributed by atoms with Crippen molar-refractivity contribution in [3.05, 3.63) is 83.4 Å². The van der Waals surface area contributed by atoms with E-state index in [0.717, 1.165) is 29.8 Å². The van der Waals surface area contributed by atoms with Crippen molar-refractivity contribution in [3.8, 4) is 5.75 Å². The summed E-state index contributed by atoms with van der Waals surface area (Å²) in [5.74, 6) is 0.150. The molecule has 0 aliphatic heterocycles. The highest BCUT2D eigenvalue weighted by Gasteiger charge is 2.24. The van der Waals surface area contributed by atoms with Crippen molar-refractivity contribution in [2.24, 2.45) is 0 Å². The van der Waals surface area contributed by atoms with Crippen molar-refractivity contribution in [2.75, 3.05) is 29.1 Å². The zero-order valence-electron chi connectivity index (χ0n) is 20.4. The number of hydrogen-bond donors (Lipinski definition) is 4. The third-order valence-electron chi connectivity index (χ3n) is 5.71. The molecule has 8 heteroatoms. The van der Waals surface area contributed by atoms with Crippen LogP contribution in [0.25, 0.3) is 0 Å². The number of carbonyl (C=O) groups is 3. The number of amides is 3. The lowest BCUT2D eigenvalue weighted by Crippen LogP contribution is -2.26. The number of hydrogen-bond acceptors (Lipinski definition) is 5. The van der Waals surface area contributed by atoms with Crippen molar-refractivity contribution in [3.63, 3.8) is 0 Å². The fourth-order valence-corrected chi connectivity index (χ4v) is 3.54. The number of benzene rings is 3. The first-order chi connectivity index (χ1) is 17.4. The third-order valence-corrected chi connectivity index (χ3v) is 5.71. The third kappa shape index (κ3) is 6.85. The van der Waals surface area contributed by atoms with Crippen LogP contribution in [-0.2, 0) is 4.79 Å². The van der Waals surface area contributed by atoms with Crippen LogP contribution in [0.3, 0.4) is 0 Å². The van der Waals surface area contributed by atoms with Gasteiger partial charge < -0.3 is 26.0 Å². The molecular formula is C28H30N4O4. The summed E-state index contributed by atoms with van der Waals surface area (Å²) in [5.41, 5.74) is 3.94. The molecule has 1 saturated carbocycles. The summed E-state index contributed by atoms with van der Waals surface area (Å²) >= 11 is 0. The molecule has 8 nitrogen and oxygen atoms in total. The Labute approximate surface area is 210 Å². The van der Waals surface area contributed by atoms with Gasteiger partial charge in [-0.15, -0.1) is 0 Å². The summed E-state index contributed by atoms with van der Waals surface area (Å²) in [5, 5.41) is 11.7. The summed E-state index contributed by atoms with van der Waals surface area (Å²) < 4.78 is 5.40. The maximum atomic E-state index is 12.5. The Morgan fingerprint density at radius 2 is 1.47 bits per heavy atom. The molecule has 0 radical (unpaired) electrons. The highest BCUT2D eigenvalue weighted by Crippen LogP contribution is 2.21. The lowest BCUT2D eigenvalue weighted by atomic mass is 10.1. The number of carbonyl (C=O) groups excluding carboxylic acids is 3. The topological polar surface area (TPSA) is 109 Å². The van der Waals surface area contributed by atoms with Crippen LogP contribution in [-0.4, -0.2) is 36.9 Å². The second-order valence-electron chi connectivity index (χ2n) is 8.67. The second-order valence-corrected chi connectivity index (χ2v) is 8.67. The van der Waals surface area contributed by atoms with Gasteiger partial charge in [0.05, 0.1) is 13.2 Å². The molecule has 0 saturated heterocycles. The van der Waals surface area contributed by atoms with Crippen LogP contribution in [0.1, 0.15) is 46.0 Å². The molecule has 0 heterocycles. The van der Waals surface area contributed by atoms with Gasteiger partial charge in [-0.1, -0.05) is 6.07 Å². The average Bonchev–Trinajstić information content (AvgIpc) is 3.69. The molecule has 1 fully saturated rings. The minimum absolute atomic E-state index is 0.0362. The van der Waals surface area contributed by atoms with E-state index < -0.39 is 0 Å². The van der Waals surface area contributed by atoms with Crippen LogP contribution in [0.15, 0.2) is 66.7 Å². The molecule has 0 spiro atoms. The molecule has 4 rings (SSSR count). The van der Waals surface area contributed by atoms with Crippen LogP contribution in [0.4, 0.5) is 17.1 Å². The van der Waals surface area contributed by atoms with Gasteiger partial charge >= 0.3 is 0 Å². The molecule has 3 aromatic rings. The van der Waals surface area contributed by atoms with Gasteiger partial charge in [0.15, 0.2) is 0 Å². The molecule has 0 unspecified atom stereocenters. The highest BCUT2D eigenvalue weighted by molar-refractivity contribution is 6.04. The maximum absolute atomic E-state index is 12.5. The Balaban J connectivity index is 1.28. The van der Waals surface area contributed by atoms with Crippen molar-refractivity contribution in [1.82, 2.24) is 5.32 Å². The van der Waals surface area contributed by atoms with Gasteiger partial charge in [-0.05, 0) is 92.9 Å². The normalized spacial score (nSPS) is 12.4. The Kier molecular flexibility index (Phi) is 7.85. The Bertz CT molecular complexity index is 1240. The number of rotatable bonds is 10. The minimum Gasteiger partial charge on any atom is -0.494 e. The van der Waals surface area contributed by atoms with Gasteiger partial charge in [-0.3, -0.25) is 14.4 Å². The Morgan fingerprint density at radius 3 is 2.14 bits per heavy atom. The van der Waals surface area contributed by atoms with E-state index in [2.05, 4.69) is 21.3 Å². The van der Waals surface area contributed by atoms with Crippen molar-refractivity contribution < 1.29 is 19.1 Å². The highest BCUT2D eigenvalue weighted by atomic mass is 16.5. The van der Waals surface area contributed by atoms with Crippen LogP contribution < -0.4 is 26.0 Å². The first-order valence-corrected chi connectivity index (χ1v) is 12.0. The minimum atomic E-state index is -0.250. The van der Waals surface area contributed by atoms with E-state index in [1.54, 1.807) is 60.7 Å². The van der Waals surface area contributed by atoms with Crippen LogP contribution in [0.2, 0.25) is 0 Å². The number of anilines is 3. The lowest BCUT2D eigenvalue weighted by Gasteiger charge is -2.12. The molecule has 3 amide bonds. The number of nitrogens with one attached hydrogen (secondary N) is 4. The van der Waals surface area contributed by atoms with Gasteiger partial charge in [-0.2, -0.15) is 0 Å². The van der Waals surface area contributed by atoms with Crippen molar-refractivity contribution in [2.45, 2.75) is 32.7 Å². The molecule has 0 bridgehead atoms. The fraction of sp³-hybridized carbons (Fsp3) is 0.250. The van der Waals surface area contributed by atoms with Gasteiger partial charge in [0.1, 0.15) is 5.75 Å². The smallest absolute Gasteiger partial charge is 0.255 e. The van der Waals surface area contributed by atoms with E-state index >= 15 is 0 Å². The van der Waals surface area contributed by atoms with Crippen molar-refractivity contribution >= 4 is 34.8 Å². The van der Waals surface area contributed by atoms with Crippen LogP contribution >= 0.6 is 0 Å². The van der Waals surface area contributed by atoms with Crippen molar-refractivity contribution in [1.29, 1.82) is 0 Å². The monoisotopic (exact) mass is 486 g/mol. The van der Waals surface area contributed by atoms with Gasteiger partial charge in [0.25, 0.3) is 11.8 Å². The molecule has 3 aromatic carbocycles. The molecule has 36 heavy (non-hydrogen) atoms. The molecule has 186 valence electrons. The Morgan fingerprint density at radius 1 is 0.833 bits per heavy atom. The molecule has 4 N–H and O–H groups in total. The van der Waals surface area contributed by atoms with E-state index in [1.807, 2.05) is 19.9 Å². The summed E-state index contributed by atoms with van der Waals surface area (Å²) in [6.45, 7) is 4.45. The van der Waals surface area contributed by atoms with Crippen LogP contribution in [0.5, 0.6) is 5.75 Å². The SMILES string of the molecule is CCOc1ccc(NC(=O)c2ccc(NC(=O)CNc3cc(C(=O)NC4CC4)ccc3C)cc2)cc1. The summed E-state index contributed by atoms with van der Waals surface area (Å²) in [4.78, 5) is 37.3. The molecule has 1 aliphatic carbocycles. The number of ether oxygens (including phenoxy) is 1. The number of aryl methyl sites for hydroxylation is 1.